The fraction of sp³-hybridized carbons (Fsp3) is 0.240. The van der Waals surface area contributed by atoms with Crippen molar-refractivity contribution in [2.75, 3.05) is 6.61 Å². The highest BCUT2D eigenvalue weighted by atomic mass is 16.5. The van der Waals surface area contributed by atoms with E-state index in [4.69, 9.17) is 9.73 Å². The molecule has 1 aliphatic heterocycles. The largest absolute Gasteiger partial charge is 0.475 e. The summed E-state index contributed by atoms with van der Waals surface area (Å²) in [4.78, 5) is 4.80. The minimum Gasteiger partial charge on any atom is -0.475 e. The first-order valence-corrected chi connectivity index (χ1v) is 9.70. The topological polar surface area (TPSA) is 41.8 Å². The first kappa shape index (κ1) is 18.5. The van der Waals surface area contributed by atoms with Gasteiger partial charge in [0.15, 0.2) is 0 Å². The van der Waals surface area contributed by atoms with Crippen molar-refractivity contribution < 1.29 is 9.84 Å². The second-order valence-electron chi connectivity index (χ2n) is 7.56. The molecule has 1 aliphatic rings. The second kappa shape index (κ2) is 7.99. The van der Waals surface area contributed by atoms with Crippen molar-refractivity contribution >= 4 is 5.90 Å². The molecule has 0 spiro atoms. The number of nitrogens with zero attached hydrogens (tertiary/aromatic N) is 1. The summed E-state index contributed by atoms with van der Waals surface area (Å²) in [5, 5.41) is 11.7. The molecule has 0 saturated heterocycles. The number of aryl methyl sites for hydroxylation is 1. The Morgan fingerprint density at radius 2 is 1.39 bits per heavy atom. The van der Waals surface area contributed by atoms with Crippen molar-refractivity contribution in [3.8, 4) is 0 Å². The molecule has 1 atom stereocenters. The Hall–Kier alpha value is -2.91. The maximum absolute atomic E-state index is 11.7. The Bertz CT molecular complexity index is 892. The molecule has 0 aliphatic carbocycles. The van der Waals surface area contributed by atoms with Gasteiger partial charge in [-0.15, -0.1) is 0 Å². The van der Waals surface area contributed by atoms with Crippen molar-refractivity contribution in [2.45, 2.75) is 31.4 Å². The zero-order chi connectivity index (χ0) is 19.4. The van der Waals surface area contributed by atoms with E-state index in [-0.39, 0.29) is 6.04 Å². The van der Waals surface area contributed by atoms with Gasteiger partial charge < -0.3 is 9.84 Å². The maximum atomic E-state index is 11.7. The smallest absolute Gasteiger partial charge is 0.216 e. The Labute approximate surface area is 166 Å². The van der Waals surface area contributed by atoms with Gasteiger partial charge in [-0.1, -0.05) is 78.4 Å². The van der Waals surface area contributed by atoms with Gasteiger partial charge >= 0.3 is 0 Å². The van der Waals surface area contributed by atoms with Crippen LogP contribution in [-0.4, -0.2) is 29.3 Å². The van der Waals surface area contributed by atoms with Crippen LogP contribution in [0.15, 0.2) is 89.9 Å². The highest BCUT2D eigenvalue weighted by Crippen LogP contribution is 2.29. The van der Waals surface area contributed by atoms with Crippen LogP contribution in [0, 0.1) is 6.92 Å². The highest BCUT2D eigenvalue weighted by molar-refractivity contribution is 5.95. The van der Waals surface area contributed by atoms with Gasteiger partial charge in [-0.05, 0) is 30.2 Å². The van der Waals surface area contributed by atoms with E-state index in [0.29, 0.717) is 25.3 Å². The van der Waals surface area contributed by atoms with Crippen LogP contribution >= 0.6 is 0 Å². The zero-order valence-corrected chi connectivity index (χ0v) is 16.1. The van der Waals surface area contributed by atoms with Gasteiger partial charge in [0.2, 0.25) is 5.90 Å². The van der Waals surface area contributed by atoms with Gasteiger partial charge in [0.05, 0.1) is 5.60 Å². The van der Waals surface area contributed by atoms with E-state index in [1.54, 1.807) is 0 Å². The van der Waals surface area contributed by atoms with E-state index in [1.165, 1.54) is 5.56 Å². The first-order chi connectivity index (χ1) is 13.6. The normalized spacial score (nSPS) is 16.5. The average Bonchev–Trinajstić information content (AvgIpc) is 3.21. The van der Waals surface area contributed by atoms with Gasteiger partial charge in [-0.3, -0.25) is 0 Å². The third-order valence-corrected chi connectivity index (χ3v) is 5.28. The Balaban J connectivity index is 1.64. The van der Waals surface area contributed by atoms with Crippen LogP contribution in [0.4, 0.5) is 0 Å². The van der Waals surface area contributed by atoms with Gasteiger partial charge in [-0.25, -0.2) is 4.99 Å². The van der Waals surface area contributed by atoms with Crippen LogP contribution in [0.2, 0.25) is 0 Å². The Morgan fingerprint density at radius 3 is 1.93 bits per heavy atom. The molecule has 3 aromatic rings. The van der Waals surface area contributed by atoms with Crippen molar-refractivity contribution in [2.24, 2.45) is 4.99 Å². The molecule has 3 aromatic carbocycles. The number of aliphatic hydroxyl groups is 1. The van der Waals surface area contributed by atoms with Crippen molar-refractivity contribution in [3.05, 3.63) is 107 Å². The minimum absolute atomic E-state index is 0.316. The summed E-state index contributed by atoms with van der Waals surface area (Å²) >= 11 is 0. The number of aliphatic imine (C=N–C) groups is 1. The highest BCUT2D eigenvalue weighted by Gasteiger charge is 2.41. The summed E-state index contributed by atoms with van der Waals surface area (Å²) in [6, 6.07) is 28.0. The lowest BCUT2D eigenvalue weighted by Crippen LogP contribution is -2.46. The fourth-order valence-corrected chi connectivity index (χ4v) is 3.70. The molecule has 28 heavy (non-hydrogen) atoms. The molecule has 0 amide bonds. The van der Waals surface area contributed by atoms with Crippen LogP contribution < -0.4 is 0 Å². The summed E-state index contributed by atoms with van der Waals surface area (Å²) in [5.74, 6) is 0.615. The van der Waals surface area contributed by atoms with Gasteiger partial charge in [0.25, 0.3) is 0 Å². The van der Waals surface area contributed by atoms with E-state index in [2.05, 4.69) is 43.3 Å². The van der Waals surface area contributed by atoms with Crippen LogP contribution in [-0.2, 0) is 17.6 Å². The van der Waals surface area contributed by atoms with Gasteiger partial charge in [0.1, 0.15) is 12.6 Å². The fourth-order valence-electron chi connectivity index (χ4n) is 3.70. The summed E-state index contributed by atoms with van der Waals surface area (Å²) < 4.78 is 5.90. The van der Waals surface area contributed by atoms with E-state index in [1.807, 2.05) is 48.5 Å². The predicted octanol–water partition coefficient (Wildman–Crippen LogP) is 4.36. The first-order valence-electron chi connectivity index (χ1n) is 9.70. The minimum atomic E-state index is -1.02. The summed E-state index contributed by atoms with van der Waals surface area (Å²) in [6.45, 7) is 2.45. The van der Waals surface area contributed by atoms with Crippen LogP contribution in [0.3, 0.4) is 0 Å². The molecule has 0 saturated carbocycles. The monoisotopic (exact) mass is 371 g/mol. The number of ether oxygens (including phenoxy) is 1. The zero-order valence-electron chi connectivity index (χ0n) is 16.1. The Morgan fingerprint density at radius 1 is 0.857 bits per heavy atom. The molecule has 3 heteroatoms. The summed E-state index contributed by atoms with van der Waals surface area (Å²) in [6.07, 6.45) is 1.06. The van der Waals surface area contributed by atoms with Crippen molar-refractivity contribution in [3.63, 3.8) is 0 Å². The predicted molar refractivity (Wildman–Crippen MR) is 113 cm³/mol. The molecule has 0 radical (unpaired) electrons. The van der Waals surface area contributed by atoms with E-state index >= 15 is 0 Å². The second-order valence-corrected chi connectivity index (χ2v) is 7.56. The molecule has 0 fully saturated rings. The van der Waals surface area contributed by atoms with Crippen LogP contribution in [0.1, 0.15) is 22.3 Å². The van der Waals surface area contributed by atoms with E-state index in [9.17, 15) is 5.11 Å². The van der Waals surface area contributed by atoms with Crippen molar-refractivity contribution in [1.82, 2.24) is 0 Å². The molecule has 3 nitrogen and oxygen atoms in total. The SMILES string of the molecule is Cc1ccc(C2=NC(C(O)(Cc3ccccc3)Cc3ccccc3)CO2)cc1. The molecular weight excluding hydrogens is 346 g/mol. The van der Waals surface area contributed by atoms with Gasteiger partial charge in [-0.2, -0.15) is 0 Å². The number of hydrogen-bond donors (Lipinski definition) is 1. The van der Waals surface area contributed by atoms with E-state index in [0.717, 1.165) is 16.7 Å². The molecule has 1 N–H and O–H groups in total. The standard InChI is InChI=1S/C25H25NO2/c1-19-12-14-22(15-13-19)24-26-23(18-28-24)25(27,16-20-8-4-2-5-9-20)17-21-10-6-3-7-11-21/h2-15,23,27H,16-18H2,1H3. The summed E-state index contributed by atoms with van der Waals surface area (Å²) in [7, 11) is 0. The van der Waals surface area contributed by atoms with Crippen molar-refractivity contribution in [1.29, 1.82) is 0 Å². The molecule has 0 bridgehead atoms. The van der Waals surface area contributed by atoms with Crippen LogP contribution in [0.5, 0.6) is 0 Å². The third-order valence-electron chi connectivity index (χ3n) is 5.28. The van der Waals surface area contributed by atoms with Gasteiger partial charge in [0, 0.05) is 18.4 Å². The average molecular weight is 371 g/mol. The van der Waals surface area contributed by atoms with Crippen LogP contribution in [0.25, 0.3) is 0 Å². The molecule has 142 valence electrons. The molecule has 4 rings (SSSR count). The number of benzene rings is 3. The van der Waals surface area contributed by atoms with E-state index < -0.39 is 5.60 Å². The maximum Gasteiger partial charge on any atom is 0.216 e. The number of hydrogen-bond acceptors (Lipinski definition) is 3. The molecule has 1 heterocycles. The third kappa shape index (κ3) is 4.15. The molecule has 1 unspecified atom stereocenters. The summed E-state index contributed by atoms with van der Waals surface area (Å²) in [5.41, 5.74) is 3.33. The Kier molecular flexibility index (Phi) is 5.27. The lowest BCUT2D eigenvalue weighted by Gasteiger charge is -2.32. The lowest BCUT2D eigenvalue weighted by molar-refractivity contribution is 0.00806. The molecular formula is C25H25NO2. The number of rotatable bonds is 6. The molecule has 0 aromatic heterocycles. The lowest BCUT2D eigenvalue weighted by atomic mass is 9.82. The quantitative estimate of drug-likeness (QED) is 0.700.